The molecule has 1 aliphatic rings. The van der Waals surface area contributed by atoms with Gasteiger partial charge in [0.05, 0.1) is 0 Å². The molecule has 27 heavy (non-hydrogen) atoms. The number of benzene rings is 1. The molecule has 0 aliphatic carbocycles. The molecular weight excluding hydrogens is 525 g/mol. The number of aliphatic imine (C=N–C) groups is 1. The summed E-state index contributed by atoms with van der Waals surface area (Å²) in [6.07, 6.45) is 1.45. The van der Waals surface area contributed by atoms with Crippen molar-refractivity contribution in [2.75, 3.05) is 33.2 Å². The van der Waals surface area contributed by atoms with E-state index in [2.05, 4.69) is 36.9 Å². The summed E-state index contributed by atoms with van der Waals surface area (Å²) < 4.78 is 0.875. The number of hydrogen-bond acceptors (Lipinski definition) is 3. The fourth-order valence-electron chi connectivity index (χ4n) is 2.80. The lowest BCUT2D eigenvalue weighted by molar-refractivity contribution is -0.129. The molecule has 1 aromatic rings. The maximum atomic E-state index is 12.1. The summed E-state index contributed by atoms with van der Waals surface area (Å²) in [5.41, 5.74) is 0.619. The van der Waals surface area contributed by atoms with Gasteiger partial charge in [0.25, 0.3) is 5.91 Å². The molecule has 0 spiro atoms. The SMILES string of the molecule is CCC(=O)N1CCC(NC(=NC)NCCNC(=O)c2cccc(Br)c2)C1.I. The molecule has 9 heteroatoms. The van der Waals surface area contributed by atoms with E-state index in [4.69, 9.17) is 0 Å². The molecule has 0 aromatic heterocycles. The summed E-state index contributed by atoms with van der Waals surface area (Å²) >= 11 is 3.36. The normalized spacial score (nSPS) is 16.5. The lowest BCUT2D eigenvalue weighted by atomic mass is 10.2. The molecule has 0 radical (unpaired) electrons. The van der Waals surface area contributed by atoms with Crippen LogP contribution in [0.25, 0.3) is 0 Å². The van der Waals surface area contributed by atoms with E-state index in [1.807, 2.05) is 24.0 Å². The Balaban J connectivity index is 0.00000364. The number of likely N-dealkylation sites (tertiary alicyclic amines) is 1. The average molecular weight is 552 g/mol. The second-order valence-corrected chi connectivity index (χ2v) is 7.00. The molecule has 1 heterocycles. The third-order valence-corrected chi connectivity index (χ3v) is 4.69. The van der Waals surface area contributed by atoms with Gasteiger partial charge in [0.1, 0.15) is 0 Å². The number of nitrogens with zero attached hydrogens (tertiary/aromatic N) is 2. The van der Waals surface area contributed by atoms with Crippen molar-refractivity contribution in [1.29, 1.82) is 0 Å². The molecular formula is C18H27BrIN5O2. The van der Waals surface area contributed by atoms with Crippen LogP contribution in [0.1, 0.15) is 30.1 Å². The third kappa shape index (κ3) is 7.65. The van der Waals surface area contributed by atoms with Gasteiger partial charge in [-0.3, -0.25) is 14.6 Å². The van der Waals surface area contributed by atoms with Crippen LogP contribution in [-0.2, 0) is 4.79 Å². The summed E-state index contributed by atoms with van der Waals surface area (Å²) in [5, 5.41) is 9.38. The number of carbonyl (C=O) groups excluding carboxylic acids is 2. The van der Waals surface area contributed by atoms with Crippen molar-refractivity contribution in [3.8, 4) is 0 Å². The minimum absolute atomic E-state index is 0. The van der Waals surface area contributed by atoms with Gasteiger partial charge >= 0.3 is 0 Å². The number of nitrogens with one attached hydrogen (secondary N) is 3. The Kier molecular flexibility index (Phi) is 10.7. The second kappa shape index (κ2) is 12.2. The van der Waals surface area contributed by atoms with Crippen LogP contribution in [-0.4, -0.2) is 61.9 Å². The van der Waals surface area contributed by atoms with Gasteiger partial charge in [0.2, 0.25) is 5.91 Å². The maximum Gasteiger partial charge on any atom is 0.251 e. The highest BCUT2D eigenvalue weighted by Crippen LogP contribution is 2.11. The van der Waals surface area contributed by atoms with Crippen molar-refractivity contribution in [2.45, 2.75) is 25.8 Å². The zero-order valence-corrected chi connectivity index (χ0v) is 19.5. The van der Waals surface area contributed by atoms with Crippen molar-refractivity contribution in [2.24, 2.45) is 4.99 Å². The molecule has 150 valence electrons. The van der Waals surface area contributed by atoms with E-state index in [0.29, 0.717) is 37.6 Å². The average Bonchev–Trinajstić information content (AvgIpc) is 3.11. The highest BCUT2D eigenvalue weighted by Gasteiger charge is 2.25. The first-order chi connectivity index (χ1) is 12.5. The Morgan fingerprint density at radius 1 is 1.30 bits per heavy atom. The van der Waals surface area contributed by atoms with Gasteiger partial charge in [-0.1, -0.05) is 28.9 Å². The van der Waals surface area contributed by atoms with Crippen molar-refractivity contribution >= 4 is 57.7 Å². The summed E-state index contributed by atoms with van der Waals surface area (Å²) in [5.74, 6) is 0.755. The van der Waals surface area contributed by atoms with Crippen LogP contribution in [0.5, 0.6) is 0 Å². The summed E-state index contributed by atoms with van der Waals surface area (Å²) in [6, 6.07) is 7.47. The Morgan fingerprint density at radius 2 is 2.04 bits per heavy atom. The van der Waals surface area contributed by atoms with Gasteiger partial charge in [-0.15, -0.1) is 24.0 Å². The molecule has 0 saturated carbocycles. The lowest BCUT2D eigenvalue weighted by Crippen LogP contribution is -2.46. The van der Waals surface area contributed by atoms with E-state index >= 15 is 0 Å². The Bertz CT molecular complexity index is 671. The molecule has 2 rings (SSSR count). The Hall–Kier alpha value is -1.36. The van der Waals surface area contributed by atoms with Gasteiger partial charge < -0.3 is 20.9 Å². The molecule has 3 N–H and O–H groups in total. The Labute approximate surface area is 185 Å². The molecule has 2 amide bonds. The number of carbonyl (C=O) groups is 2. The number of halogens is 2. The maximum absolute atomic E-state index is 12.1. The number of hydrogen-bond donors (Lipinski definition) is 3. The van der Waals surface area contributed by atoms with Crippen LogP contribution in [0, 0.1) is 0 Å². The van der Waals surface area contributed by atoms with Gasteiger partial charge in [0, 0.05) is 55.7 Å². The van der Waals surface area contributed by atoms with Crippen molar-refractivity contribution < 1.29 is 9.59 Å². The molecule has 7 nitrogen and oxygen atoms in total. The van der Waals surface area contributed by atoms with E-state index in [1.165, 1.54) is 0 Å². The molecule has 1 saturated heterocycles. The minimum Gasteiger partial charge on any atom is -0.355 e. The highest BCUT2D eigenvalue weighted by molar-refractivity contribution is 14.0. The predicted molar refractivity (Wildman–Crippen MR) is 122 cm³/mol. The quantitative estimate of drug-likeness (QED) is 0.218. The van der Waals surface area contributed by atoms with Gasteiger partial charge in [-0.2, -0.15) is 0 Å². The molecule has 0 bridgehead atoms. The van der Waals surface area contributed by atoms with E-state index in [0.717, 1.165) is 17.4 Å². The van der Waals surface area contributed by atoms with Crippen LogP contribution in [0.2, 0.25) is 0 Å². The van der Waals surface area contributed by atoms with Crippen molar-refractivity contribution in [1.82, 2.24) is 20.9 Å². The van der Waals surface area contributed by atoms with E-state index in [-0.39, 0.29) is 41.8 Å². The van der Waals surface area contributed by atoms with Crippen LogP contribution in [0.3, 0.4) is 0 Å². The number of guanidine groups is 1. The minimum atomic E-state index is -0.111. The first-order valence-corrected chi connectivity index (χ1v) is 9.61. The fraction of sp³-hybridized carbons (Fsp3) is 0.500. The van der Waals surface area contributed by atoms with Crippen LogP contribution >= 0.6 is 39.9 Å². The summed E-state index contributed by atoms with van der Waals surface area (Å²) in [6.45, 7) is 4.41. The molecule has 1 unspecified atom stereocenters. The van der Waals surface area contributed by atoms with Crippen LogP contribution < -0.4 is 16.0 Å². The molecule has 1 aromatic carbocycles. The van der Waals surface area contributed by atoms with Crippen LogP contribution in [0.15, 0.2) is 33.7 Å². The van der Waals surface area contributed by atoms with Gasteiger partial charge in [-0.25, -0.2) is 0 Å². The van der Waals surface area contributed by atoms with Crippen LogP contribution in [0.4, 0.5) is 0 Å². The molecule has 1 fully saturated rings. The molecule has 1 aliphatic heterocycles. The first-order valence-electron chi connectivity index (χ1n) is 8.82. The predicted octanol–water partition coefficient (Wildman–Crippen LogP) is 1.97. The second-order valence-electron chi connectivity index (χ2n) is 6.09. The van der Waals surface area contributed by atoms with E-state index < -0.39 is 0 Å². The van der Waals surface area contributed by atoms with Gasteiger partial charge in [0.15, 0.2) is 5.96 Å². The third-order valence-electron chi connectivity index (χ3n) is 4.20. The lowest BCUT2D eigenvalue weighted by Gasteiger charge is -2.18. The monoisotopic (exact) mass is 551 g/mol. The van der Waals surface area contributed by atoms with E-state index in [1.54, 1.807) is 19.2 Å². The summed E-state index contributed by atoms with van der Waals surface area (Å²) in [4.78, 5) is 29.9. The number of rotatable bonds is 6. The first kappa shape index (κ1) is 23.7. The Morgan fingerprint density at radius 3 is 2.70 bits per heavy atom. The zero-order valence-electron chi connectivity index (χ0n) is 15.6. The fourth-order valence-corrected chi connectivity index (χ4v) is 3.20. The summed E-state index contributed by atoms with van der Waals surface area (Å²) in [7, 11) is 1.71. The van der Waals surface area contributed by atoms with Gasteiger partial charge in [-0.05, 0) is 24.6 Å². The largest absolute Gasteiger partial charge is 0.355 e. The topological polar surface area (TPSA) is 85.8 Å². The van der Waals surface area contributed by atoms with E-state index in [9.17, 15) is 9.59 Å². The zero-order chi connectivity index (χ0) is 18.9. The smallest absolute Gasteiger partial charge is 0.251 e. The standard InChI is InChI=1S/C18H26BrN5O2.HI/c1-3-16(25)24-10-7-15(12-24)23-18(20-2)22-9-8-21-17(26)13-5-4-6-14(19)11-13;/h4-6,11,15H,3,7-10,12H2,1-2H3,(H,21,26)(H2,20,22,23);1H. The highest BCUT2D eigenvalue weighted by atomic mass is 127. The van der Waals surface area contributed by atoms with Crippen molar-refractivity contribution in [3.05, 3.63) is 34.3 Å². The molecule has 1 atom stereocenters. The van der Waals surface area contributed by atoms with Crippen molar-refractivity contribution in [3.63, 3.8) is 0 Å². The number of amides is 2.